The molecule has 0 spiro atoms. The fourth-order valence-electron chi connectivity index (χ4n) is 1.87. The normalized spacial score (nSPS) is 23.6. The van der Waals surface area contributed by atoms with Crippen LogP contribution in [0.2, 0.25) is 0 Å². The monoisotopic (exact) mass is 232 g/mol. The summed E-state index contributed by atoms with van der Waals surface area (Å²) in [5.41, 5.74) is 0. The summed E-state index contributed by atoms with van der Waals surface area (Å²) < 4.78 is 11.4. The lowest BCUT2D eigenvalue weighted by atomic mass is 10.2. The van der Waals surface area contributed by atoms with Crippen molar-refractivity contribution in [2.75, 3.05) is 39.0 Å². The summed E-state index contributed by atoms with van der Waals surface area (Å²) in [7, 11) is -1.45. The van der Waals surface area contributed by atoms with Crippen LogP contribution in [0.3, 0.4) is 0 Å². The zero-order chi connectivity index (χ0) is 11.1. The van der Waals surface area contributed by atoms with E-state index in [4.69, 9.17) is 8.85 Å². The van der Waals surface area contributed by atoms with Crippen LogP contribution in [-0.2, 0) is 8.85 Å². The van der Waals surface area contributed by atoms with Gasteiger partial charge in [-0.2, -0.15) is 0 Å². The third kappa shape index (κ3) is 4.61. The second kappa shape index (κ2) is 7.35. The van der Waals surface area contributed by atoms with Gasteiger partial charge in [-0.05, 0) is 20.8 Å². The second-order valence-corrected chi connectivity index (χ2v) is 5.78. The van der Waals surface area contributed by atoms with Crippen LogP contribution < -0.4 is 5.32 Å². The van der Waals surface area contributed by atoms with Crippen molar-refractivity contribution in [3.05, 3.63) is 0 Å². The third-order valence-corrected chi connectivity index (χ3v) is 4.90. The van der Waals surface area contributed by atoms with E-state index in [2.05, 4.69) is 17.1 Å². The third-order valence-electron chi connectivity index (χ3n) is 2.73. The molecule has 0 radical (unpaired) electrons. The minimum Gasteiger partial charge on any atom is -0.396 e. The lowest BCUT2D eigenvalue weighted by molar-refractivity contribution is 0.153. The van der Waals surface area contributed by atoms with Crippen molar-refractivity contribution in [2.45, 2.75) is 26.8 Å². The van der Waals surface area contributed by atoms with Crippen molar-refractivity contribution < 1.29 is 8.85 Å². The molecule has 1 unspecified atom stereocenters. The van der Waals surface area contributed by atoms with E-state index in [1.54, 1.807) is 0 Å². The Labute approximate surface area is 94.8 Å². The molecule has 0 aromatic carbocycles. The summed E-state index contributed by atoms with van der Waals surface area (Å²) >= 11 is 0. The molecular weight excluding hydrogens is 208 g/mol. The van der Waals surface area contributed by atoms with Gasteiger partial charge < -0.3 is 14.2 Å². The largest absolute Gasteiger partial charge is 0.396 e. The van der Waals surface area contributed by atoms with Gasteiger partial charge in [-0.3, -0.25) is 4.90 Å². The van der Waals surface area contributed by atoms with E-state index in [0.717, 1.165) is 39.0 Å². The number of nitrogens with one attached hydrogen (secondary N) is 1. The van der Waals surface area contributed by atoms with Crippen LogP contribution in [0.4, 0.5) is 0 Å². The Bertz CT molecular complexity index is 166. The second-order valence-electron chi connectivity index (χ2n) is 3.89. The van der Waals surface area contributed by atoms with E-state index in [0.29, 0.717) is 6.04 Å². The smallest absolute Gasteiger partial charge is 0.335 e. The minimum absolute atomic E-state index is 0.606. The topological polar surface area (TPSA) is 33.7 Å². The van der Waals surface area contributed by atoms with Crippen LogP contribution in [0, 0.1) is 0 Å². The first kappa shape index (κ1) is 13.1. The summed E-state index contributed by atoms with van der Waals surface area (Å²) in [5.74, 6) is 0. The lowest BCUT2D eigenvalue weighted by Crippen LogP contribution is -2.53. The van der Waals surface area contributed by atoms with Gasteiger partial charge in [-0.25, -0.2) is 0 Å². The Morgan fingerprint density at radius 3 is 2.53 bits per heavy atom. The maximum Gasteiger partial charge on any atom is 0.335 e. The summed E-state index contributed by atoms with van der Waals surface area (Å²) in [6.07, 6.45) is 1.02. The molecule has 5 heteroatoms. The van der Waals surface area contributed by atoms with Gasteiger partial charge in [0.25, 0.3) is 0 Å². The summed E-state index contributed by atoms with van der Waals surface area (Å²) in [5, 5.41) is 3.39. The van der Waals surface area contributed by atoms with Gasteiger partial charge >= 0.3 is 9.28 Å². The van der Waals surface area contributed by atoms with Crippen LogP contribution in [0.15, 0.2) is 0 Å². The molecular formula is C10H24N2O2Si. The predicted molar refractivity (Wildman–Crippen MR) is 64.3 cm³/mol. The molecule has 1 N–H and O–H groups in total. The van der Waals surface area contributed by atoms with Crippen LogP contribution in [0.25, 0.3) is 0 Å². The van der Waals surface area contributed by atoms with Gasteiger partial charge in [0.2, 0.25) is 0 Å². The summed E-state index contributed by atoms with van der Waals surface area (Å²) in [6, 6.07) is 0.606. The zero-order valence-corrected chi connectivity index (χ0v) is 11.3. The Morgan fingerprint density at radius 1 is 1.33 bits per heavy atom. The Balaban J connectivity index is 2.33. The van der Waals surface area contributed by atoms with Crippen molar-refractivity contribution >= 4 is 9.28 Å². The highest BCUT2D eigenvalue weighted by molar-refractivity contribution is 6.44. The molecule has 0 aliphatic carbocycles. The van der Waals surface area contributed by atoms with E-state index in [1.807, 2.05) is 13.8 Å². The Morgan fingerprint density at radius 2 is 2.00 bits per heavy atom. The van der Waals surface area contributed by atoms with Crippen molar-refractivity contribution in [1.29, 1.82) is 0 Å². The lowest BCUT2D eigenvalue weighted by Gasteiger charge is -2.35. The van der Waals surface area contributed by atoms with E-state index in [1.165, 1.54) is 0 Å². The Kier molecular flexibility index (Phi) is 6.43. The summed E-state index contributed by atoms with van der Waals surface area (Å²) in [4.78, 5) is 2.48. The first-order valence-corrected chi connectivity index (χ1v) is 7.71. The maximum atomic E-state index is 5.69. The predicted octanol–water partition coefficient (Wildman–Crippen LogP) is 0.113. The van der Waals surface area contributed by atoms with Crippen LogP contribution in [-0.4, -0.2) is 59.2 Å². The fraction of sp³-hybridized carbons (Fsp3) is 1.00. The fourth-order valence-corrected chi connectivity index (χ4v) is 3.85. The quantitative estimate of drug-likeness (QED) is 0.659. The molecule has 0 saturated carbocycles. The molecule has 1 saturated heterocycles. The molecule has 1 atom stereocenters. The highest BCUT2D eigenvalue weighted by Crippen LogP contribution is 2.04. The van der Waals surface area contributed by atoms with Crippen molar-refractivity contribution in [3.8, 4) is 0 Å². The van der Waals surface area contributed by atoms with E-state index in [-0.39, 0.29) is 0 Å². The van der Waals surface area contributed by atoms with Crippen LogP contribution >= 0.6 is 0 Å². The zero-order valence-electron chi connectivity index (χ0n) is 10.2. The molecule has 0 amide bonds. The van der Waals surface area contributed by atoms with E-state index < -0.39 is 9.28 Å². The highest BCUT2D eigenvalue weighted by atomic mass is 28.3. The molecule has 1 rings (SSSR count). The van der Waals surface area contributed by atoms with Crippen LogP contribution in [0.5, 0.6) is 0 Å². The molecule has 0 aromatic rings. The Hall–Kier alpha value is 0.0569. The first-order chi connectivity index (χ1) is 7.27. The van der Waals surface area contributed by atoms with E-state index >= 15 is 0 Å². The molecule has 0 bridgehead atoms. The summed E-state index contributed by atoms with van der Waals surface area (Å²) in [6.45, 7) is 11.2. The molecule has 1 fully saturated rings. The molecule has 4 nitrogen and oxygen atoms in total. The van der Waals surface area contributed by atoms with Gasteiger partial charge in [-0.1, -0.05) is 0 Å². The van der Waals surface area contributed by atoms with Gasteiger partial charge in [0.05, 0.1) is 0 Å². The number of hydrogen-bond acceptors (Lipinski definition) is 4. The van der Waals surface area contributed by atoms with Crippen molar-refractivity contribution in [3.63, 3.8) is 0 Å². The number of piperazine rings is 1. The maximum absolute atomic E-state index is 5.69. The molecule has 1 aliphatic heterocycles. The molecule has 1 heterocycles. The van der Waals surface area contributed by atoms with Gasteiger partial charge in [-0.15, -0.1) is 0 Å². The minimum atomic E-state index is -1.45. The van der Waals surface area contributed by atoms with E-state index in [9.17, 15) is 0 Å². The molecule has 0 aromatic heterocycles. The van der Waals surface area contributed by atoms with Crippen molar-refractivity contribution in [2.24, 2.45) is 0 Å². The van der Waals surface area contributed by atoms with Gasteiger partial charge in [0.1, 0.15) is 0 Å². The van der Waals surface area contributed by atoms with Gasteiger partial charge in [0.15, 0.2) is 0 Å². The highest BCUT2D eigenvalue weighted by Gasteiger charge is 2.23. The molecule has 1 aliphatic rings. The number of rotatable bonds is 6. The number of hydrogen-bond donors (Lipinski definition) is 1. The van der Waals surface area contributed by atoms with Crippen molar-refractivity contribution in [1.82, 2.24) is 10.2 Å². The number of nitrogens with zero attached hydrogens (tertiary/aromatic N) is 1. The molecule has 15 heavy (non-hydrogen) atoms. The first-order valence-electron chi connectivity index (χ1n) is 5.95. The average molecular weight is 232 g/mol. The standard InChI is InChI=1S/C10H24N2O2Si/c1-4-13-15(14-5-2)9-12-7-6-11-8-10(12)3/h10-11,15H,4-9H2,1-3H3. The average Bonchev–Trinajstić information content (AvgIpc) is 2.22. The van der Waals surface area contributed by atoms with Gasteiger partial charge in [0, 0.05) is 45.1 Å². The molecule has 90 valence electrons. The van der Waals surface area contributed by atoms with Crippen LogP contribution in [0.1, 0.15) is 20.8 Å². The SMILES string of the molecule is CCO[SiH](CN1CCNCC1C)OCC.